The fourth-order valence-electron chi connectivity index (χ4n) is 5.59. The van der Waals surface area contributed by atoms with Crippen molar-refractivity contribution in [2.45, 2.75) is 6.92 Å². The molecule has 2 heterocycles. The normalized spacial score (nSPS) is 12.4. The zero-order chi connectivity index (χ0) is 38.5. The van der Waals surface area contributed by atoms with Gasteiger partial charge in [0.2, 0.25) is 5.82 Å². The van der Waals surface area contributed by atoms with E-state index in [-0.39, 0.29) is 47.4 Å². The molecule has 278 valence electrons. The quantitative estimate of drug-likeness (QED) is 0.0788. The molecule has 0 fully saturated rings. The minimum absolute atomic E-state index is 0.0973. The predicted molar refractivity (Wildman–Crippen MR) is 209 cm³/mol. The molecule has 14 heteroatoms. The molecule has 0 aliphatic carbocycles. The van der Waals surface area contributed by atoms with Gasteiger partial charge >= 0.3 is 141 Å². The van der Waals surface area contributed by atoms with E-state index in [0.717, 1.165) is 17.1 Å². The van der Waals surface area contributed by atoms with E-state index < -0.39 is 24.6 Å². The van der Waals surface area contributed by atoms with Crippen LogP contribution in [0.15, 0.2) is 156 Å². The number of benzene rings is 5. The summed E-state index contributed by atoms with van der Waals surface area (Å²) >= 11 is 2.27. The minimum Gasteiger partial charge on any atom is -0.470 e. The van der Waals surface area contributed by atoms with E-state index in [1.807, 2.05) is 54.6 Å². The molecule has 5 aromatic carbocycles. The van der Waals surface area contributed by atoms with E-state index in [4.69, 9.17) is 38.6 Å². The molecule has 1 aliphatic rings. The number of aromatic nitrogens is 2. The average Bonchev–Trinajstić information content (AvgIpc) is 3.23. The van der Waals surface area contributed by atoms with Crippen LogP contribution in [0, 0.1) is 5.82 Å². The molecule has 0 saturated carbocycles. The summed E-state index contributed by atoms with van der Waals surface area (Å²) in [5, 5.41) is 8.12. The van der Waals surface area contributed by atoms with Crippen LogP contribution in [0.25, 0.3) is 0 Å². The number of ether oxygens (including phenoxy) is 3. The molecule has 0 saturated heterocycles. The van der Waals surface area contributed by atoms with E-state index in [2.05, 4.69) is 56.7 Å². The largest absolute Gasteiger partial charge is 0.470 e. The van der Waals surface area contributed by atoms with Gasteiger partial charge in [0.05, 0.1) is 10.6 Å². The van der Waals surface area contributed by atoms with Crippen molar-refractivity contribution in [3.8, 4) is 23.3 Å². The number of hydrogen-bond donors (Lipinski definition) is 0. The van der Waals surface area contributed by atoms with Gasteiger partial charge in [-0.2, -0.15) is 14.4 Å². The molecule has 0 unspecified atom stereocenters. The van der Waals surface area contributed by atoms with Gasteiger partial charge in [0.25, 0.3) is 17.7 Å². The number of carbonyl (C=O) groups excluding carboxylic acids is 1. The third-order valence-corrected chi connectivity index (χ3v) is 19.7. The molecule has 11 nitrogen and oxygen atoms in total. The van der Waals surface area contributed by atoms with E-state index in [9.17, 15) is 4.79 Å². The van der Waals surface area contributed by atoms with Crippen LogP contribution in [0.2, 0.25) is 5.02 Å². The van der Waals surface area contributed by atoms with Crippen molar-refractivity contribution in [3.05, 3.63) is 162 Å². The van der Waals surface area contributed by atoms with Crippen LogP contribution in [0.5, 0.6) is 23.3 Å². The monoisotopic (exact) mass is 868 g/mol. The maximum absolute atomic E-state index is 15.1. The zero-order valence-electron chi connectivity index (χ0n) is 29.7. The fraction of sp³-hybridized carbons (Fsp3) is 0.0976. The van der Waals surface area contributed by atoms with Gasteiger partial charge in [-0.3, -0.25) is 0 Å². The maximum Gasteiger partial charge on any atom is 0.280 e. The van der Waals surface area contributed by atoms with Crippen molar-refractivity contribution < 1.29 is 36.1 Å². The molecule has 7 rings (SSSR count). The van der Waals surface area contributed by atoms with Gasteiger partial charge in [-0.05, 0) is 29.4 Å². The van der Waals surface area contributed by atoms with Gasteiger partial charge in [-0.1, -0.05) is 41.0 Å². The number of carbonyl (C=O) groups is 1. The first kappa shape index (κ1) is 38.7. The van der Waals surface area contributed by atoms with Crippen LogP contribution in [-0.2, 0) is 22.3 Å². The van der Waals surface area contributed by atoms with E-state index in [1.165, 1.54) is 14.0 Å². The molecule has 0 atom stereocenters. The summed E-state index contributed by atoms with van der Waals surface area (Å²) in [6, 6.07) is 43.8. The summed E-state index contributed by atoms with van der Waals surface area (Å²) in [5.41, 5.74) is 0.606. The second-order valence-corrected chi connectivity index (χ2v) is 21.3. The first-order chi connectivity index (χ1) is 26.9. The first-order valence-corrected chi connectivity index (χ1v) is 22.7. The Kier molecular flexibility index (Phi) is 13.3. The molecule has 0 amide bonds. The van der Waals surface area contributed by atoms with Crippen LogP contribution in [0.1, 0.15) is 12.5 Å². The Morgan fingerprint density at radius 1 is 0.727 bits per heavy atom. The molecule has 0 spiro atoms. The Morgan fingerprint density at radius 3 is 1.75 bits per heavy atom. The van der Waals surface area contributed by atoms with Gasteiger partial charge in [0.1, 0.15) is 31.5 Å². The van der Waals surface area contributed by atoms with Gasteiger partial charge < -0.3 is 23.9 Å². The Hall–Kier alpha value is -5.99. The number of nitrogens with zero attached hydrogens (tertiary/aromatic N) is 4. The minimum atomic E-state index is -3.80. The van der Waals surface area contributed by atoms with Gasteiger partial charge in [-0.25, -0.2) is 0 Å². The summed E-state index contributed by atoms with van der Waals surface area (Å²) in [7, 11) is 1.37. The topological polar surface area (TPSA) is 123 Å². The summed E-state index contributed by atoms with van der Waals surface area (Å²) in [4.78, 5) is 29.7. The van der Waals surface area contributed by atoms with Crippen LogP contribution in [0.3, 0.4) is 0 Å². The van der Waals surface area contributed by atoms with Crippen molar-refractivity contribution in [2.75, 3.05) is 20.3 Å². The molecule has 55 heavy (non-hydrogen) atoms. The third-order valence-electron chi connectivity index (χ3n) is 7.90. The third kappa shape index (κ3) is 9.39. The van der Waals surface area contributed by atoms with E-state index in [1.54, 1.807) is 48.5 Å². The molecule has 1 aliphatic heterocycles. The molecule has 1 aromatic heterocycles. The molecule has 0 radical (unpaired) electrons. The maximum atomic E-state index is 15.1. The van der Waals surface area contributed by atoms with Crippen molar-refractivity contribution in [3.63, 3.8) is 0 Å². The zero-order valence-corrected chi connectivity index (χ0v) is 33.3. The number of oxime groups is 2. The number of rotatable bonds is 11. The molecule has 6 aromatic rings. The first-order valence-electron chi connectivity index (χ1n) is 16.9. The van der Waals surface area contributed by atoms with Gasteiger partial charge in [0, 0.05) is 0 Å². The van der Waals surface area contributed by atoms with Crippen LogP contribution in [0.4, 0.5) is 4.39 Å². The van der Waals surface area contributed by atoms with E-state index in [0.29, 0.717) is 17.2 Å². The molecule has 0 N–H and O–H groups in total. The standard InChI is InChI=1S/C21H16ClFN4O5.3C6H5.C2H4O2.Sn/c1-28-26-18(21-27-30-11-10-29-21)13-6-2-4-8-15(13)31-19-17(23)20(25-12-24-19)32-16-9-5-3-7-14(16)22;3*1-2-4-6-5-3-1;1-2(3)4;/h2-9,12H,10-11H2,1H3;3*1-5H;1H3,(H,3,4);/q;;;;;+1/p-1/b26-18+;;;;;. The van der Waals surface area contributed by atoms with Crippen molar-refractivity contribution in [1.82, 2.24) is 9.97 Å². The van der Waals surface area contributed by atoms with Crippen LogP contribution in [-0.4, -0.2) is 66.7 Å². The number of halogens is 2. The average molecular weight is 868 g/mol. The summed E-state index contributed by atoms with van der Waals surface area (Å²) in [6.45, 7) is 2.09. The predicted octanol–water partition coefficient (Wildman–Crippen LogP) is 6.78. The second kappa shape index (κ2) is 18.9. The molecular weight excluding hydrogens is 834 g/mol. The molecule has 0 bridgehead atoms. The Balaban J connectivity index is 0.000000197. The second-order valence-electron chi connectivity index (χ2n) is 11.5. The summed E-state index contributed by atoms with van der Waals surface area (Å²) in [5.74, 6) is -1.31. The Morgan fingerprint density at radius 2 is 1.24 bits per heavy atom. The Bertz CT molecular complexity index is 2170. The van der Waals surface area contributed by atoms with Gasteiger partial charge in [-0.15, -0.1) is 0 Å². The molecular formula is C41H34ClFN4O7Sn. The van der Waals surface area contributed by atoms with Crippen LogP contribution >= 0.6 is 11.6 Å². The fourth-order valence-corrected chi connectivity index (χ4v) is 16.5. The smallest absolute Gasteiger partial charge is 0.280 e. The van der Waals surface area contributed by atoms with E-state index >= 15 is 4.39 Å². The van der Waals surface area contributed by atoms with Crippen LogP contribution < -0.4 is 20.2 Å². The number of para-hydroxylation sites is 2. The summed E-state index contributed by atoms with van der Waals surface area (Å²) in [6.07, 6.45) is 1.11. The van der Waals surface area contributed by atoms with Crippen molar-refractivity contribution in [1.29, 1.82) is 0 Å². The number of hydrogen-bond acceptors (Lipinski definition) is 11. The SMILES string of the molecule is CC(=O)[O][Sn]([c]1ccccc1)([c]1ccccc1)[c]1ccccc1.CO/N=C(/C1=NOCCO1)c1ccccc1Oc1ncnc(Oc2ccccc2Cl)c1F. The van der Waals surface area contributed by atoms with Crippen molar-refractivity contribution in [2.24, 2.45) is 10.3 Å². The van der Waals surface area contributed by atoms with Crippen molar-refractivity contribution >= 4 is 58.7 Å². The summed E-state index contributed by atoms with van der Waals surface area (Å²) < 4.78 is 41.4. The Labute approximate surface area is 326 Å². The van der Waals surface area contributed by atoms with Gasteiger partial charge in [0.15, 0.2) is 12.3 Å².